The number of nitrogens with zero attached hydrogens (tertiary/aromatic N) is 1. The van der Waals surface area contributed by atoms with Crippen LogP contribution in [-0.4, -0.2) is 32.2 Å². The molecule has 88 valence electrons. The van der Waals surface area contributed by atoms with E-state index >= 15 is 0 Å². The highest BCUT2D eigenvalue weighted by Gasteiger charge is 2.50. The van der Waals surface area contributed by atoms with Gasteiger partial charge in [-0.25, -0.2) is 4.99 Å². The standard InChI is InChI=1S/C6H8F3NO4S/c1-5(2)3-13-4(10-5)14-15(11,12)6(7,8)9/h3H2,1-2H3. The molecule has 0 bridgehead atoms. The number of hydrogen-bond donors (Lipinski definition) is 0. The van der Waals surface area contributed by atoms with E-state index in [2.05, 4.69) is 13.9 Å². The van der Waals surface area contributed by atoms with Crippen LogP contribution in [0.15, 0.2) is 4.99 Å². The van der Waals surface area contributed by atoms with Crippen molar-refractivity contribution in [2.24, 2.45) is 4.99 Å². The minimum Gasteiger partial charge on any atom is -0.447 e. The summed E-state index contributed by atoms with van der Waals surface area (Å²) in [5.74, 6) is 0. The van der Waals surface area contributed by atoms with E-state index in [4.69, 9.17) is 0 Å². The zero-order chi connectivity index (χ0) is 11.9. The van der Waals surface area contributed by atoms with Crippen LogP contribution in [0.3, 0.4) is 0 Å². The van der Waals surface area contributed by atoms with Crippen molar-refractivity contribution in [2.75, 3.05) is 6.61 Å². The third-order valence-corrected chi connectivity index (χ3v) is 2.34. The Morgan fingerprint density at radius 1 is 1.47 bits per heavy atom. The van der Waals surface area contributed by atoms with E-state index in [1.165, 1.54) is 0 Å². The second-order valence-corrected chi connectivity index (χ2v) is 5.00. The van der Waals surface area contributed by atoms with Gasteiger partial charge in [0.2, 0.25) is 0 Å². The van der Waals surface area contributed by atoms with Crippen molar-refractivity contribution in [3.05, 3.63) is 0 Å². The number of aliphatic imine (C=N–C) groups is 1. The molecule has 0 fully saturated rings. The third-order valence-electron chi connectivity index (χ3n) is 1.41. The smallest absolute Gasteiger partial charge is 0.447 e. The van der Waals surface area contributed by atoms with Gasteiger partial charge >= 0.3 is 21.7 Å². The van der Waals surface area contributed by atoms with Crippen molar-refractivity contribution in [1.82, 2.24) is 0 Å². The predicted octanol–water partition coefficient (Wildman–Crippen LogP) is 1.02. The predicted molar refractivity (Wildman–Crippen MR) is 43.5 cm³/mol. The van der Waals surface area contributed by atoms with Gasteiger partial charge in [-0.1, -0.05) is 0 Å². The average molecular weight is 247 g/mol. The van der Waals surface area contributed by atoms with Gasteiger partial charge in [0.1, 0.15) is 6.61 Å². The first-order valence-corrected chi connectivity index (χ1v) is 5.18. The molecular formula is C6H8F3NO4S. The molecule has 0 saturated carbocycles. The molecule has 0 amide bonds. The minimum atomic E-state index is -5.69. The lowest BCUT2D eigenvalue weighted by Crippen LogP contribution is -2.28. The van der Waals surface area contributed by atoms with Gasteiger partial charge in [0.05, 0.1) is 5.54 Å². The van der Waals surface area contributed by atoms with Gasteiger partial charge in [0.25, 0.3) is 0 Å². The van der Waals surface area contributed by atoms with Crippen LogP contribution in [0.1, 0.15) is 13.8 Å². The van der Waals surface area contributed by atoms with Crippen LogP contribution < -0.4 is 0 Å². The minimum absolute atomic E-state index is 0.0320. The second kappa shape index (κ2) is 3.26. The second-order valence-electron chi connectivity index (χ2n) is 3.46. The molecular weight excluding hydrogens is 239 g/mol. The maximum Gasteiger partial charge on any atom is 0.534 e. The van der Waals surface area contributed by atoms with Crippen LogP contribution in [0.2, 0.25) is 0 Å². The van der Waals surface area contributed by atoms with Crippen LogP contribution in [0.4, 0.5) is 13.2 Å². The molecule has 1 rings (SSSR count). The lowest BCUT2D eigenvalue weighted by Gasteiger charge is -2.07. The topological polar surface area (TPSA) is 65.0 Å². The molecule has 1 aliphatic heterocycles. The monoisotopic (exact) mass is 247 g/mol. The summed E-state index contributed by atoms with van der Waals surface area (Å²) in [5, 5.41) is 0. The molecule has 0 aromatic rings. The molecule has 0 aromatic carbocycles. The fourth-order valence-corrected chi connectivity index (χ4v) is 1.10. The van der Waals surface area contributed by atoms with Crippen molar-refractivity contribution in [2.45, 2.75) is 24.9 Å². The first kappa shape index (κ1) is 12.1. The molecule has 0 N–H and O–H groups in total. The molecule has 0 unspecified atom stereocenters. The fraction of sp³-hybridized carbons (Fsp3) is 0.833. The van der Waals surface area contributed by atoms with Crippen LogP contribution in [0, 0.1) is 0 Å². The number of ether oxygens (including phenoxy) is 1. The Balaban J connectivity index is 2.82. The number of rotatable bonds is 1. The highest BCUT2D eigenvalue weighted by Crippen LogP contribution is 2.27. The fourth-order valence-electron chi connectivity index (χ4n) is 0.734. The molecule has 0 radical (unpaired) electrons. The number of alkyl halides is 3. The highest BCUT2D eigenvalue weighted by atomic mass is 32.2. The Labute approximate surface area is 84.0 Å². The lowest BCUT2D eigenvalue weighted by atomic mass is 10.1. The number of hydrogen-bond acceptors (Lipinski definition) is 5. The first-order valence-electron chi connectivity index (χ1n) is 3.77. The largest absolute Gasteiger partial charge is 0.534 e. The zero-order valence-electron chi connectivity index (χ0n) is 7.83. The molecule has 0 saturated heterocycles. The van der Waals surface area contributed by atoms with E-state index in [1.807, 2.05) is 0 Å². The SMILES string of the molecule is CC1(C)COC(OS(=O)(=O)C(F)(F)F)=N1. The molecule has 1 heterocycles. The van der Waals surface area contributed by atoms with Crippen molar-refractivity contribution in [3.63, 3.8) is 0 Å². The first-order chi connectivity index (χ1) is 6.54. The van der Waals surface area contributed by atoms with Crippen molar-refractivity contribution >= 4 is 16.2 Å². The lowest BCUT2D eigenvalue weighted by molar-refractivity contribution is -0.0513. The summed E-state index contributed by atoms with van der Waals surface area (Å²) in [7, 11) is -5.69. The number of halogens is 3. The van der Waals surface area contributed by atoms with Crippen molar-refractivity contribution < 1.29 is 30.5 Å². The van der Waals surface area contributed by atoms with Gasteiger partial charge in [-0.15, -0.1) is 0 Å². The maximum absolute atomic E-state index is 11.9. The molecule has 0 spiro atoms. The summed E-state index contributed by atoms with van der Waals surface area (Å²) < 4.78 is 64.8. The molecule has 9 heteroatoms. The molecule has 15 heavy (non-hydrogen) atoms. The highest BCUT2D eigenvalue weighted by molar-refractivity contribution is 7.88. The summed E-state index contributed by atoms with van der Waals surface area (Å²) in [6.45, 7) is 3.09. The summed E-state index contributed by atoms with van der Waals surface area (Å²) >= 11 is 0. The van der Waals surface area contributed by atoms with Gasteiger partial charge in [-0.05, 0) is 13.8 Å². The van der Waals surface area contributed by atoms with Crippen LogP contribution >= 0.6 is 0 Å². The summed E-state index contributed by atoms with van der Waals surface area (Å²) in [5.41, 5.74) is -6.26. The Morgan fingerprint density at radius 2 is 2.00 bits per heavy atom. The Bertz CT molecular complexity index is 384. The van der Waals surface area contributed by atoms with Crippen LogP contribution in [-0.2, 0) is 19.0 Å². The van der Waals surface area contributed by atoms with Crippen LogP contribution in [0.5, 0.6) is 0 Å². The molecule has 0 aromatic heterocycles. The van der Waals surface area contributed by atoms with Gasteiger partial charge in [0.15, 0.2) is 0 Å². The van der Waals surface area contributed by atoms with E-state index < -0.39 is 27.2 Å². The molecule has 0 atom stereocenters. The third kappa shape index (κ3) is 2.74. The van der Waals surface area contributed by atoms with E-state index in [1.54, 1.807) is 13.8 Å². The van der Waals surface area contributed by atoms with E-state index in [-0.39, 0.29) is 6.61 Å². The van der Waals surface area contributed by atoms with Crippen molar-refractivity contribution in [1.29, 1.82) is 0 Å². The van der Waals surface area contributed by atoms with E-state index in [0.717, 1.165) is 0 Å². The Kier molecular flexibility index (Phi) is 2.62. The zero-order valence-corrected chi connectivity index (χ0v) is 8.65. The molecule has 0 aliphatic carbocycles. The summed E-state index contributed by atoms with van der Waals surface area (Å²) in [6, 6.07) is 0. The van der Waals surface area contributed by atoms with Gasteiger partial charge in [0, 0.05) is 0 Å². The van der Waals surface area contributed by atoms with Crippen molar-refractivity contribution in [3.8, 4) is 0 Å². The summed E-state index contributed by atoms with van der Waals surface area (Å²) in [6.07, 6.45) is -0.877. The van der Waals surface area contributed by atoms with E-state index in [0.29, 0.717) is 0 Å². The summed E-state index contributed by atoms with van der Waals surface area (Å²) in [4.78, 5) is 3.51. The van der Waals surface area contributed by atoms with E-state index in [9.17, 15) is 21.6 Å². The quantitative estimate of drug-likeness (QED) is 0.512. The maximum atomic E-state index is 11.9. The van der Waals surface area contributed by atoms with Gasteiger partial charge in [-0.2, -0.15) is 21.6 Å². The molecule has 5 nitrogen and oxygen atoms in total. The van der Waals surface area contributed by atoms with Gasteiger partial charge in [-0.3, -0.25) is 0 Å². The van der Waals surface area contributed by atoms with Crippen LogP contribution in [0.25, 0.3) is 0 Å². The Morgan fingerprint density at radius 3 is 2.33 bits per heavy atom. The normalized spacial score (nSPS) is 20.7. The Hall–Kier alpha value is -0.990. The average Bonchev–Trinajstić information content (AvgIpc) is 2.26. The molecule has 1 aliphatic rings. The van der Waals surface area contributed by atoms with Gasteiger partial charge < -0.3 is 8.92 Å².